The Balaban J connectivity index is 2.61. The zero-order chi connectivity index (χ0) is 18.1. The lowest BCUT2D eigenvalue weighted by molar-refractivity contribution is -0.212. The number of aliphatic hydroxyl groups excluding tert-OH is 2. The summed E-state index contributed by atoms with van der Waals surface area (Å²) in [5.74, 6) is -4.58. The molecule has 0 aromatic rings. The highest BCUT2D eigenvalue weighted by molar-refractivity contribution is 5.84. The molecule has 0 radical (unpaired) electrons. The number of rotatable bonds is 3. The molecule has 2 aliphatic rings. The monoisotopic (exact) mass is 338 g/mol. The molecule has 1 fully saturated rings. The van der Waals surface area contributed by atoms with Crippen LogP contribution in [0.2, 0.25) is 0 Å². The van der Waals surface area contributed by atoms with Crippen molar-refractivity contribution in [2.45, 2.75) is 44.9 Å². The van der Waals surface area contributed by atoms with Crippen molar-refractivity contribution in [2.75, 3.05) is 0 Å². The van der Waals surface area contributed by atoms with Crippen LogP contribution in [0.25, 0.3) is 0 Å². The third-order valence-electron chi connectivity index (χ3n) is 4.38. The lowest BCUT2D eigenvalue weighted by Crippen LogP contribution is -2.61. The molecule has 1 heterocycles. The average molecular weight is 338 g/mol. The van der Waals surface area contributed by atoms with E-state index in [2.05, 4.69) is 0 Å². The third-order valence-corrected chi connectivity index (χ3v) is 4.38. The smallest absolute Gasteiger partial charge is 0.322 e. The van der Waals surface area contributed by atoms with Crippen LogP contribution in [0.4, 0.5) is 0 Å². The van der Waals surface area contributed by atoms with Gasteiger partial charge >= 0.3 is 11.9 Å². The lowest BCUT2D eigenvalue weighted by atomic mass is 9.62. The first-order valence-corrected chi connectivity index (χ1v) is 7.65. The van der Waals surface area contributed by atoms with Crippen molar-refractivity contribution in [2.24, 2.45) is 11.3 Å². The van der Waals surface area contributed by atoms with Gasteiger partial charge in [-0.1, -0.05) is 36.5 Å². The van der Waals surface area contributed by atoms with Crippen molar-refractivity contribution in [1.29, 1.82) is 0 Å². The molecule has 132 valence electrons. The summed E-state index contributed by atoms with van der Waals surface area (Å²) in [6.07, 6.45) is 5.26. The van der Waals surface area contributed by atoms with E-state index in [1.165, 1.54) is 12.2 Å². The molecule has 0 unspecified atom stereocenters. The van der Waals surface area contributed by atoms with E-state index in [1.54, 1.807) is 24.3 Å². The van der Waals surface area contributed by atoms with Gasteiger partial charge in [0.05, 0.1) is 0 Å². The van der Waals surface area contributed by atoms with Crippen molar-refractivity contribution < 1.29 is 34.4 Å². The minimum atomic E-state index is -2.16. The maximum absolute atomic E-state index is 12.6. The number of hydrogen-bond donors (Lipinski definition) is 3. The lowest BCUT2D eigenvalue weighted by Gasteiger charge is -2.43. The average Bonchev–Trinajstić information content (AvgIpc) is 2.66. The molecular formula is C17H22O7. The van der Waals surface area contributed by atoms with Crippen molar-refractivity contribution in [3.05, 3.63) is 36.5 Å². The van der Waals surface area contributed by atoms with E-state index in [9.17, 15) is 24.9 Å². The maximum Gasteiger partial charge on any atom is 0.322 e. The normalized spacial score (nSPS) is 42.2. The molecule has 1 aliphatic carbocycles. The van der Waals surface area contributed by atoms with Crippen LogP contribution < -0.4 is 0 Å². The Morgan fingerprint density at radius 1 is 1.33 bits per heavy atom. The first-order chi connectivity index (χ1) is 11.2. The molecule has 1 aliphatic heterocycles. The highest BCUT2D eigenvalue weighted by Crippen LogP contribution is 2.52. The zero-order valence-corrected chi connectivity index (χ0v) is 13.7. The van der Waals surface area contributed by atoms with Crippen LogP contribution in [0.3, 0.4) is 0 Å². The SMILES string of the molecule is C/C=C/C=C/[C@@H]1C=C[C@H](O)[C@H](OC(C)=O)[C@]12C(=O)O[C@](C)(O)[C@@H]2O. The molecule has 3 N–H and O–H groups in total. The van der Waals surface area contributed by atoms with Gasteiger partial charge in [0.1, 0.15) is 17.6 Å². The van der Waals surface area contributed by atoms with Crippen LogP contribution in [0.5, 0.6) is 0 Å². The second-order valence-corrected chi connectivity index (χ2v) is 6.12. The Bertz CT molecular complexity index is 604. The molecule has 0 saturated carbocycles. The number of aliphatic hydroxyl groups is 3. The highest BCUT2D eigenvalue weighted by Gasteiger charge is 2.71. The van der Waals surface area contributed by atoms with E-state index >= 15 is 0 Å². The number of carbonyl (C=O) groups excluding carboxylic acids is 2. The molecular weight excluding hydrogens is 316 g/mol. The van der Waals surface area contributed by atoms with E-state index < -0.39 is 47.4 Å². The van der Waals surface area contributed by atoms with Gasteiger partial charge in [-0.05, 0) is 6.92 Å². The fraction of sp³-hybridized carbons (Fsp3) is 0.529. The first-order valence-electron chi connectivity index (χ1n) is 7.65. The molecule has 0 aromatic heterocycles. The highest BCUT2D eigenvalue weighted by atomic mass is 16.7. The van der Waals surface area contributed by atoms with E-state index in [0.29, 0.717) is 0 Å². The Hall–Kier alpha value is -1.96. The maximum atomic E-state index is 12.6. The Morgan fingerprint density at radius 2 is 2.00 bits per heavy atom. The van der Waals surface area contributed by atoms with Gasteiger partial charge in [-0.3, -0.25) is 9.59 Å². The first kappa shape index (κ1) is 18.4. The van der Waals surface area contributed by atoms with Gasteiger partial charge in [0.25, 0.3) is 0 Å². The van der Waals surface area contributed by atoms with Gasteiger partial charge in [0.15, 0.2) is 6.10 Å². The van der Waals surface area contributed by atoms with Crippen LogP contribution in [0, 0.1) is 11.3 Å². The number of cyclic esters (lactones) is 1. The largest absolute Gasteiger partial charge is 0.458 e. The fourth-order valence-electron chi connectivity index (χ4n) is 3.31. The standard InChI is InChI=1S/C17H22O7/c1-4-5-6-7-11-8-9-12(19)13(23-10(2)18)17(11)14(20)16(3,22)24-15(17)21/h4-9,11-14,19-20,22H,1-3H3/b5-4+,7-6+/t11-,12+,13+,14+,16+,17-/m1/s1. The second kappa shape index (κ2) is 6.51. The number of allylic oxidation sites excluding steroid dienone is 5. The van der Waals surface area contributed by atoms with Gasteiger partial charge < -0.3 is 24.8 Å². The van der Waals surface area contributed by atoms with Gasteiger partial charge in [-0.15, -0.1) is 0 Å². The Labute approximate surface area is 139 Å². The zero-order valence-electron chi connectivity index (χ0n) is 13.7. The molecule has 6 atom stereocenters. The summed E-state index contributed by atoms with van der Waals surface area (Å²) in [4.78, 5) is 24.1. The molecule has 1 saturated heterocycles. The number of carbonyl (C=O) groups is 2. The Morgan fingerprint density at radius 3 is 2.50 bits per heavy atom. The van der Waals surface area contributed by atoms with Crippen molar-refractivity contribution in [1.82, 2.24) is 0 Å². The van der Waals surface area contributed by atoms with Crippen LogP contribution >= 0.6 is 0 Å². The molecule has 0 amide bonds. The summed E-state index contributed by atoms with van der Waals surface area (Å²) in [5, 5.41) is 31.1. The predicted octanol–water partition coefficient (Wildman–Crippen LogP) is 0.210. The molecule has 2 rings (SSSR count). The fourth-order valence-corrected chi connectivity index (χ4v) is 3.31. The predicted molar refractivity (Wildman–Crippen MR) is 83.3 cm³/mol. The summed E-state index contributed by atoms with van der Waals surface area (Å²) >= 11 is 0. The van der Waals surface area contributed by atoms with E-state index in [-0.39, 0.29) is 0 Å². The van der Waals surface area contributed by atoms with Crippen molar-refractivity contribution in [3.63, 3.8) is 0 Å². The number of esters is 2. The number of ether oxygens (including phenoxy) is 2. The van der Waals surface area contributed by atoms with Crippen LogP contribution in [-0.4, -0.2) is 51.4 Å². The summed E-state index contributed by atoms with van der Waals surface area (Å²) in [5.41, 5.74) is -1.85. The van der Waals surface area contributed by atoms with Crippen LogP contribution in [0.1, 0.15) is 20.8 Å². The summed E-state index contributed by atoms with van der Waals surface area (Å²) in [7, 11) is 0. The van der Waals surface area contributed by atoms with Crippen molar-refractivity contribution in [3.8, 4) is 0 Å². The number of hydrogen-bond acceptors (Lipinski definition) is 7. The van der Waals surface area contributed by atoms with E-state index in [0.717, 1.165) is 13.8 Å². The summed E-state index contributed by atoms with van der Waals surface area (Å²) < 4.78 is 10.1. The summed E-state index contributed by atoms with van der Waals surface area (Å²) in [6, 6.07) is 0. The van der Waals surface area contributed by atoms with Crippen molar-refractivity contribution >= 4 is 11.9 Å². The summed E-state index contributed by atoms with van der Waals surface area (Å²) in [6.45, 7) is 4.09. The quantitative estimate of drug-likeness (QED) is 0.383. The van der Waals surface area contributed by atoms with Gasteiger partial charge in [-0.25, -0.2) is 0 Å². The van der Waals surface area contributed by atoms with Crippen LogP contribution in [-0.2, 0) is 19.1 Å². The van der Waals surface area contributed by atoms with Gasteiger partial charge in [0.2, 0.25) is 5.79 Å². The van der Waals surface area contributed by atoms with E-state index in [1.807, 2.05) is 6.92 Å². The van der Waals surface area contributed by atoms with E-state index in [4.69, 9.17) is 9.47 Å². The minimum Gasteiger partial charge on any atom is -0.458 e. The van der Waals surface area contributed by atoms with Gasteiger partial charge in [-0.2, -0.15) is 0 Å². The Kier molecular flexibility index (Phi) is 4.98. The third kappa shape index (κ3) is 2.79. The minimum absolute atomic E-state index is 0.726. The molecule has 0 bridgehead atoms. The molecule has 7 nitrogen and oxygen atoms in total. The van der Waals surface area contributed by atoms with Crippen LogP contribution in [0.15, 0.2) is 36.5 Å². The molecule has 1 spiro atoms. The second-order valence-electron chi connectivity index (χ2n) is 6.12. The molecule has 7 heteroatoms. The molecule has 24 heavy (non-hydrogen) atoms. The van der Waals surface area contributed by atoms with Gasteiger partial charge in [0, 0.05) is 19.8 Å². The molecule has 0 aromatic carbocycles. The topological polar surface area (TPSA) is 113 Å².